The van der Waals surface area contributed by atoms with Gasteiger partial charge in [0.15, 0.2) is 0 Å². The fourth-order valence-electron chi connectivity index (χ4n) is 5.31. The van der Waals surface area contributed by atoms with Gasteiger partial charge in [-0.25, -0.2) is 0 Å². The minimum atomic E-state index is -0.816. The van der Waals surface area contributed by atoms with Gasteiger partial charge in [-0.3, -0.25) is 4.79 Å². The Balaban J connectivity index is 0. The van der Waals surface area contributed by atoms with Crippen molar-refractivity contribution in [3.05, 3.63) is 13.2 Å². The molecule has 39 heavy (non-hydrogen) atoms. The van der Waals surface area contributed by atoms with Crippen LogP contribution in [0.1, 0.15) is 200 Å². The van der Waals surface area contributed by atoms with Crippen LogP contribution in [0.4, 0.5) is 0 Å². The zero-order chi connectivity index (χ0) is 29.1. The highest BCUT2D eigenvalue weighted by Crippen LogP contribution is 2.15. The number of aliphatic hydroxyl groups is 1. The summed E-state index contributed by atoms with van der Waals surface area (Å²) in [5.41, 5.74) is 0. The van der Waals surface area contributed by atoms with E-state index in [0.717, 1.165) is 19.3 Å². The van der Waals surface area contributed by atoms with Gasteiger partial charge >= 0.3 is 0 Å². The van der Waals surface area contributed by atoms with Gasteiger partial charge in [-0.05, 0) is 12.8 Å². The second kappa shape index (κ2) is 37.2. The van der Waals surface area contributed by atoms with E-state index >= 15 is 0 Å². The van der Waals surface area contributed by atoms with Crippen LogP contribution in [0.3, 0.4) is 0 Å². The molecule has 0 bridgehead atoms. The topological polar surface area (TPSA) is 49.3 Å². The number of nitrogens with one attached hydrogen (secondary N) is 1. The molecule has 0 aliphatic heterocycles. The van der Waals surface area contributed by atoms with Crippen molar-refractivity contribution in [3.8, 4) is 0 Å². The number of amides is 1. The van der Waals surface area contributed by atoms with Gasteiger partial charge < -0.3 is 10.4 Å². The highest BCUT2D eigenvalue weighted by molar-refractivity contribution is 5.80. The van der Waals surface area contributed by atoms with Gasteiger partial charge in [0.1, 0.15) is 6.10 Å². The summed E-state index contributed by atoms with van der Waals surface area (Å²) in [5, 5.41) is 13.0. The van der Waals surface area contributed by atoms with E-state index in [0.29, 0.717) is 13.0 Å². The van der Waals surface area contributed by atoms with E-state index < -0.39 is 6.10 Å². The van der Waals surface area contributed by atoms with E-state index in [4.69, 9.17) is 0 Å². The molecule has 0 aromatic heterocycles. The fourth-order valence-corrected chi connectivity index (χ4v) is 5.31. The molecule has 0 aromatic carbocycles. The van der Waals surface area contributed by atoms with Crippen molar-refractivity contribution in [3.63, 3.8) is 0 Å². The second-order valence-corrected chi connectivity index (χ2v) is 11.8. The zero-order valence-electron chi connectivity index (χ0n) is 27.1. The summed E-state index contributed by atoms with van der Waals surface area (Å²) in [5.74, 6) is -0.163. The van der Waals surface area contributed by atoms with E-state index in [1.807, 2.05) is 0 Å². The molecule has 0 aliphatic carbocycles. The molecular weight excluding hydrogens is 478 g/mol. The van der Waals surface area contributed by atoms with Gasteiger partial charge in [0.05, 0.1) is 0 Å². The molecule has 1 unspecified atom stereocenters. The molecule has 0 saturated carbocycles. The lowest BCUT2D eigenvalue weighted by Gasteiger charge is -2.11. The molecule has 0 heterocycles. The number of hydrogen-bond acceptors (Lipinski definition) is 2. The minimum absolute atomic E-state index is 0.163. The smallest absolute Gasteiger partial charge is 0.248 e. The monoisotopic (exact) mass is 552 g/mol. The van der Waals surface area contributed by atoms with Crippen molar-refractivity contribution in [2.75, 3.05) is 6.54 Å². The first kappa shape index (κ1) is 40.3. The first-order valence-electron chi connectivity index (χ1n) is 17.7. The van der Waals surface area contributed by atoms with Crippen LogP contribution in [0.25, 0.3) is 0 Å². The molecule has 0 aliphatic rings. The molecule has 0 radical (unpaired) electrons. The maximum absolute atomic E-state index is 12.1. The van der Waals surface area contributed by atoms with Gasteiger partial charge in [-0.2, -0.15) is 0 Å². The first-order chi connectivity index (χ1) is 19.2. The van der Waals surface area contributed by atoms with E-state index in [9.17, 15) is 9.90 Å². The van der Waals surface area contributed by atoms with E-state index in [-0.39, 0.29) is 5.91 Å². The van der Waals surface area contributed by atoms with E-state index in [2.05, 4.69) is 32.3 Å². The number of aliphatic hydroxyl groups excluding tert-OH is 1. The van der Waals surface area contributed by atoms with Crippen molar-refractivity contribution in [2.45, 2.75) is 206 Å². The average molecular weight is 552 g/mol. The van der Waals surface area contributed by atoms with Gasteiger partial charge in [-0.15, -0.1) is 13.2 Å². The number of rotatable bonds is 31. The van der Waals surface area contributed by atoms with Gasteiger partial charge in [0.25, 0.3) is 0 Å². The third kappa shape index (κ3) is 35.1. The maximum Gasteiger partial charge on any atom is 0.248 e. The molecule has 234 valence electrons. The highest BCUT2D eigenvalue weighted by Gasteiger charge is 2.13. The number of carbonyl (C=O) groups excluding carboxylic acids is 1. The standard InChI is InChI=1S/C34H69NO2.C2H4/c1-3-5-7-9-11-13-15-17-19-21-23-25-27-29-31-33(36)34(37)35-32-30-28-26-24-22-20-18-16-14-12-10-8-6-4-2;1-2/h33,36H,3-32H2,1-2H3,(H,35,37);1-2H2. The van der Waals surface area contributed by atoms with Crippen LogP contribution in [-0.4, -0.2) is 23.7 Å². The minimum Gasteiger partial charge on any atom is -0.383 e. The normalized spacial score (nSPS) is 11.7. The Bertz CT molecular complexity index is 453. The summed E-state index contributed by atoms with van der Waals surface area (Å²) in [6.45, 7) is 11.3. The van der Waals surface area contributed by atoms with Crippen molar-refractivity contribution in [1.29, 1.82) is 0 Å². The maximum atomic E-state index is 12.1. The summed E-state index contributed by atoms with van der Waals surface area (Å²) in [4.78, 5) is 12.1. The van der Waals surface area contributed by atoms with Crippen molar-refractivity contribution >= 4 is 5.91 Å². The van der Waals surface area contributed by atoms with Crippen LogP contribution in [0.2, 0.25) is 0 Å². The molecule has 0 saturated heterocycles. The average Bonchev–Trinajstić information content (AvgIpc) is 2.96. The zero-order valence-corrected chi connectivity index (χ0v) is 27.1. The van der Waals surface area contributed by atoms with Crippen LogP contribution in [0.15, 0.2) is 13.2 Å². The number of hydrogen-bond donors (Lipinski definition) is 2. The van der Waals surface area contributed by atoms with E-state index in [1.54, 1.807) is 0 Å². The summed E-state index contributed by atoms with van der Waals surface area (Å²) < 4.78 is 0. The summed E-state index contributed by atoms with van der Waals surface area (Å²) in [7, 11) is 0. The lowest BCUT2D eigenvalue weighted by Crippen LogP contribution is -2.35. The van der Waals surface area contributed by atoms with Crippen LogP contribution in [-0.2, 0) is 4.79 Å². The first-order valence-corrected chi connectivity index (χ1v) is 17.7. The van der Waals surface area contributed by atoms with Gasteiger partial charge in [0, 0.05) is 6.54 Å². The number of carbonyl (C=O) groups is 1. The molecule has 0 fully saturated rings. The van der Waals surface area contributed by atoms with Crippen LogP contribution in [0.5, 0.6) is 0 Å². The molecule has 1 atom stereocenters. The van der Waals surface area contributed by atoms with Crippen molar-refractivity contribution < 1.29 is 9.90 Å². The largest absolute Gasteiger partial charge is 0.383 e. The molecular formula is C36H73NO2. The van der Waals surface area contributed by atoms with Crippen LogP contribution >= 0.6 is 0 Å². The van der Waals surface area contributed by atoms with Gasteiger partial charge in [-0.1, -0.05) is 187 Å². The summed E-state index contributed by atoms with van der Waals surface area (Å²) >= 11 is 0. The summed E-state index contributed by atoms with van der Waals surface area (Å²) in [6.07, 6.45) is 37.3. The van der Waals surface area contributed by atoms with Crippen molar-refractivity contribution in [2.24, 2.45) is 0 Å². The third-order valence-corrected chi connectivity index (χ3v) is 7.96. The molecule has 2 N–H and O–H groups in total. The molecule has 0 spiro atoms. The molecule has 3 heteroatoms. The van der Waals surface area contributed by atoms with Crippen LogP contribution in [0, 0.1) is 0 Å². The van der Waals surface area contributed by atoms with Crippen molar-refractivity contribution in [1.82, 2.24) is 5.32 Å². The summed E-state index contributed by atoms with van der Waals surface area (Å²) in [6, 6.07) is 0. The Kier molecular flexibility index (Phi) is 38.4. The predicted octanol–water partition coefficient (Wildman–Crippen LogP) is 11.6. The lowest BCUT2D eigenvalue weighted by molar-refractivity contribution is -0.129. The lowest BCUT2D eigenvalue weighted by atomic mass is 10.0. The van der Waals surface area contributed by atoms with Crippen LogP contribution < -0.4 is 5.32 Å². The highest BCUT2D eigenvalue weighted by atomic mass is 16.3. The second-order valence-electron chi connectivity index (χ2n) is 11.8. The molecule has 0 rings (SSSR count). The number of unbranched alkanes of at least 4 members (excludes halogenated alkanes) is 26. The molecule has 3 nitrogen and oxygen atoms in total. The Hall–Kier alpha value is -0.830. The quantitative estimate of drug-likeness (QED) is 0.0664. The molecule has 0 aromatic rings. The Morgan fingerprint density at radius 1 is 0.487 bits per heavy atom. The van der Waals surface area contributed by atoms with Gasteiger partial charge in [0.2, 0.25) is 5.91 Å². The fraction of sp³-hybridized carbons (Fsp3) is 0.917. The third-order valence-electron chi connectivity index (χ3n) is 7.96. The SMILES string of the molecule is C=C.CCCCCCCCCCCCCCCCNC(=O)C(O)CCCCCCCCCCCCCCCC. The molecule has 1 amide bonds. The Morgan fingerprint density at radius 3 is 1.05 bits per heavy atom. The Labute approximate surface area is 246 Å². The van der Waals surface area contributed by atoms with E-state index in [1.165, 1.54) is 161 Å². The Morgan fingerprint density at radius 2 is 0.744 bits per heavy atom. The predicted molar refractivity (Wildman–Crippen MR) is 176 cm³/mol.